The molecule has 2 N–H and O–H groups in total. The van der Waals surface area contributed by atoms with Gasteiger partial charge in [0.05, 0.1) is 6.33 Å². The lowest BCUT2D eigenvalue weighted by molar-refractivity contribution is 0.475. The van der Waals surface area contributed by atoms with E-state index in [1.54, 1.807) is 30.6 Å². The largest absolute Gasteiger partial charge is 0.508 e. The Balaban J connectivity index is 1.59. The van der Waals surface area contributed by atoms with Crippen LogP contribution in [-0.4, -0.2) is 24.6 Å². The van der Waals surface area contributed by atoms with Crippen LogP contribution < -0.4 is 5.56 Å². The van der Waals surface area contributed by atoms with E-state index in [0.717, 1.165) is 12.8 Å². The van der Waals surface area contributed by atoms with E-state index in [9.17, 15) is 9.90 Å². The van der Waals surface area contributed by atoms with Gasteiger partial charge in [0.25, 0.3) is 5.56 Å². The number of hydrogen-bond acceptors (Lipinski definition) is 4. The van der Waals surface area contributed by atoms with Gasteiger partial charge in [-0.05, 0) is 30.5 Å². The Bertz CT molecular complexity index is 1100. The highest BCUT2D eigenvalue weighted by Crippen LogP contribution is 2.20. The minimum absolute atomic E-state index is 0.122. The van der Waals surface area contributed by atoms with Crippen LogP contribution in [-0.2, 0) is 13.0 Å². The Hall–Kier alpha value is -3.41. The number of benzene rings is 2. The molecule has 0 bridgehead atoms. The number of nitrogens with zero attached hydrogens (tertiary/aromatic N) is 3. The van der Waals surface area contributed by atoms with Gasteiger partial charge in [-0.15, -0.1) is 0 Å². The molecule has 0 aliphatic rings. The Morgan fingerprint density at radius 1 is 1.08 bits per heavy atom. The van der Waals surface area contributed by atoms with Crippen molar-refractivity contribution in [2.24, 2.45) is 0 Å². The Kier molecular flexibility index (Phi) is 4.23. The summed E-state index contributed by atoms with van der Waals surface area (Å²) in [5.41, 5.74) is 2.57. The Morgan fingerprint density at radius 3 is 2.73 bits per heavy atom. The first-order chi connectivity index (χ1) is 12.7. The number of nitrogens with one attached hydrogen (secondary N) is 1. The van der Waals surface area contributed by atoms with Gasteiger partial charge in [-0.2, -0.15) is 0 Å². The second-order valence-corrected chi connectivity index (χ2v) is 6.16. The number of aromatic hydroxyl groups is 1. The molecule has 2 heterocycles. The summed E-state index contributed by atoms with van der Waals surface area (Å²) >= 11 is 0. The SMILES string of the molecule is O=c1[nH]c(-c2cccc(O)c2)nc2ncn(CCCc3ccccc3)c12. The molecule has 0 saturated carbocycles. The summed E-state index contributed by atoms with van der Waals surface area (Å²) in [7, 11) is 0. The molecule has 6 heteroatoms. The van der Waals surface area contributed by atoms with Crippen molar-refractivity contribution in [3.8, 4) is 17.1 Å². The molecule has 0 spiro atoms. The summed E-state index contributed by atoms with van der Waals surface area (Å²) in [5.74, 6) is 0.518. The van der Waals surface area contributed by atoms with Gasteiger partial charge in [-0.25, -0.2) is 9.97 Å². The maximum absolute atomic E-state index is 12.6. The average molecular weight is 346 g/mol. The molecule has 26 heavy (non-hydrogen) atoms. The molecule has 130 valence electrons. The predicted molar refractivity (Wildman–Crippen MR) is 100 cm³/mol. The maximum Gasteiger partial charge on any atom is 0.277 e. The van der Waals surface area contributed by atoms with E-state index in [1.165, 1.54) is 5.56 Å². The van der Waals surface area contributed by atoms with E-state index in [4.69, 9.17) is 0 Å². The molecule has 0 fully saturated rings. The van der Waals surface area contributed by atoms with Gasteiger partial charge in [0, 0.05) is 12.1 Å². The second kappa shape index (κ2) is 6.84. The molecule has 0 radical (unpaired) electrons. The lowest BCUT2D eigenvalue weighted by Crippen LogP contribution is -2.13. The summed E-state index contributed by atoms with van der Waals surface area (Å²) in [6, 6.07) is 16.9. The van der Waals surface area contributed by atoms with Crippen LogP contribution in [0.1, 0.15) is 12.0 Å². The van der Waals surface area contributed by atoms with Crippen LogP contribution in [0.3, 0.4) is 0 Å². The second-order valence-electron chi connectivity index (χ2n) is 6.16. The zero-order valence-electron chi connectivity index (χ0n) is 14.1. The number of rotatable bonds is 5. The molecule has 4 rings (SSSR count). The lowest BCUT2D eigenvalue weighted by Gasteiger charge is -2.05. The van der Waals surface area contributed by atoms with Crippen molar-refractivity contribution in [1.82, 2.24) is 19.5 Å². The molecule has 0 unspecified atom stereocenters. The molecule has 0 aliphatic carbocycles. The zero-order chi connectivity index (χ0) is 17.9. The fourth-order valence-electron chi connectivity index (χ4n) is 3.04. The van der Waals surface area contributed by atoms with Crippen LogP contribution in [0, 0.1) is 0 Å². The van der Waals surface area contributed by atoms with E-state index >= 15 is 0 Å². The summed E-state index contributed by atoms with van der Waals surface area (Å²) in [6.07, 6.45) is 3.50. The predicted octanol–water partition coefficient (Wildman–Crippen LogP) is 3.13. The molecule has 0 aliphatic heterocycles. The highest BCUT2D eigenvalue weighted by Gasteiger charge is 2.12. The highest BCUT2D eigenvalue weighted by molar-refractivity contribution is 5.72. The van der Waals surface area contributed by atoms with Crippen LogP contribution >= 0.6 is 0 Å². The summed E-state index contributed by atoms with van der Waals surface area (Å²) in [4.78, 5) is 24.1. The van der Waals surface area contributed by atoms with Gasteiger partial charge in [0.15, 0.2) is 11.2 Å². The minimum Gasteiger partial charge on any atom is -0.508 e. The van der Waals surface area contributed by atoms with Gasteiger partial charge in [-0.3, -0.25) is 4.79 Å². The first-order valence-corrected chi connectivity index (χ1v) is 8.49. The van der Waals surface area contributed by atoms with Crippen LogP contribution in [0.4, 0.5) is 0 Å². The quantitative estimate of drug-likeness (QED) is 0.581. The maximum atomic E-state index is 12.6. The molecular weight excluding hydrogens is 328 g/mol. The Labute approximate surface area is 149 Å². The molecule has 2 aromatic heterocycles. The first-order valence-electron chi connectivity index (χ1n) is 8.49. The molecular formula is C20H18N4O2. The standard InChI is InChI=1S/C20H18N4O2/c25-16-10-4-9-15(12-16)18-22-19-17(20(26)23-18)24(13-21-19)11-5-8-14-6-2-1-3-7-14/h1-4,6-7,9-10,12-13,25H,5,8,11H2,(H,22,23,26). The number of fused-ring (bicyclic) bond motifs is 1. The number of aromatic amines is 1. The smallest absolute Gasteiger partial charge is 0.277 e. The van der Waals surface area contributed by atoms with Crippen molar-refractivity contribution >= 4 is 11.2 Å². The zero-order valence-corrected chi connectivity index (χ0v) is 14.1. The van der Waals surface area contributed by atoms with E-state index in [-0.39, 0.29) is 11.3 Å². The molecule has 0 saturated heterocycles. The van der Waals surface area contributed by atoms with Crippen molar-refractivity contribution in [1.29, 1.82) is 0 Å². The minimum atomic E-state index is -0.231. The number of phenolic OH excluding ortho intramolecular Hbond substituents is 1. The average Bonchev–Trinajstić information content (AvgIpc) is 3.06. The normalized spacial score (nSPS) is 11.1. The third-order valence-electron chi connectivity index (χ3n) is 4.31. The third kappa shape index (κ3) is 3.21. The summed E-state index contributed by atoms with van der Waals surface area (Å²) < 4.78 is 1.84. The third-order valence-corrected chi connectivity index (χ3v) is 4.31. The van der Waals surface area contributed by atoms with Crippen molar-refractivity contribution in [2.75, 3.05) is 0 Å². The monoisotopic (exact) mass is 346 g/mol. The van der Waals surface area contributed by atoms with Gasteiger partial charge in [0.1, 0.15) is 11.6 Å². The van der Waals surface area contributed by atoms with E-state index in [2.05, 4.69) is 27.1 Å². The number of phenols is 1. The highest BCUT2D eigenvalue weighted by atomic mass is 16.3. The summed E-state index contributed by atoms with van der Waals surface area (Å²) in [5, 5.41) is 9.61. The number of hydrogen-bond donors (Lipinski definition) is 2. The fourth-order valence-corrected chi connectivity index (χ4v) is 3.04. The van der Waals surface area contributed by atoms with Gasteiger partial charge in [-0.1, -0.05) is 42.5 Å². The number of H-pyrrole nitrogens is 1. The molecule has 0 amide bonds. The number of aromatic nitrogens is 4. The van der Waals surface area contributed by atoms with Crippen molar-refractivity contribution in [3.05, 3.63) is 76.8 Å². The molecule has 6 nitrogen and oxygen atoms in total. The van der Waals surface area contributed by atoms with E-state index in [0.29, 0.717) is 29.1 Å². The van der Waals surface area contributed by atoms with Crippen molar-refractivity contribution in [3.63, 3.8) is 0 Å². The van der Waals surface area contributed by atoms with Crippen LogP contribution in [0.15, 0.2) is 65.7 Å². The molecule has 4 aromatic rings. The van der Waals surface area contributed by atoms with Crippen molar-refractivity contribution in [2.45, 2.75) is 19.4 Å². The van der Waals surface area contributed by atoms with Crippen LogP contribution in [0.25, 0.3) is 22.6 Å². The van der Waals surface area contributed by atoms with Crippen LogP contribution in [0.2, 0.25) is 0 Å². The first kappa shape index (κ1) is 16.1. The van der Waals surface area contributed by atoms with Crippen LogP contribution in [0.5, 0.6) is 5.75 Å². The van der Waals surface area contributed by atoms with Gasteiger partial charge < -0.3 is 14.7 Å². The van der Waals surface area contributed by atoms with Crippen molar-refractivity contribution < 1.29 is 5.11 Å². The number of imidazole rings is 1. The number of aryl methyl sites for hydroxylation is 2. The summed E-state index contributed by atoms with van der Waals surface area (Å²) in [6.45, 7) is 0.696. The molecule has 0 atom stereocenters. The fraction of sp³-hybridized carbons (Fsp3) is 0.150. The van der Waals surface area contributed by atoms with Gasteiger partial charge in [0.2, 0.25) is 0 Å². The lowest BCUT2D eigenvalue weighted by atomic mass is 10.1. The Morgan fingerprint density at radius 2 is 1.92 bits per heavy atom. The van der Waals surface area contributed by atoms with E-state index in [1.807, 2.05) is 22.8 Å². The van der Waals surface area contributed by atoms with Gasteiger partial charge >= 0.3 is 0 Å². The topological polar surface area (TPSA) is 83.8 Å². The van der Waals surface area contributed by atoms with E-state index < -0.39 is 0 Å². The molecule has 2 aromatic carbocycles.